The van der Waals surface area contributed by atoms with Crippen LogP contribution in [0.15, 0.2) is 0 Å². The number of alkyl halides is 3. The summed E-state index contributed by atoms with van der Waals surface area (Å²) in [6.07, 6.45) is -3.27. The highest BCUT2D eigenvalue weighted by Crippen LogP contribution is 2.15. The van der Waals surface area contributed by atoms with Gasteiger partial charge in [-0.15, -0.1) is 0 Å². The van der Waals surface area contributed by atoms with E-state index in [1.165, 1.54) is 0 Å². The fourth-order valence-corrected chi connectivity index (χ4v) is 2.63. The number of carbonyl (C=O) groups is 1. The SMILES string of the molecule is O=C(COCC(F)(F)F)N1CCN(C2CCNC2)CC1. The summed E-state index contributed by atoms with van der Waals surface area (Å²) in [7, 11) is 0. The number of rotatable bonds is 4. The molecule has 8 heteroatoms. The van der Waals surface area contributed by atoms with Crippen LogP contribution in [0, 0.1) is 0 Å². The molecule has 20 heavy (non-hydrogen) atoms. The molecule has 0 radical (unpaired) electrons. The number of amides is 1. The molecule has 2 aliphatic heterocycles. The van der Waals surface area contributed by atoms with Crippen molar-refractivity contribution in [3.8, 4) is 0 Å². The number of nitrogens with zero attached hydrogens (tertiary/aromatic N) is 2. The molecule has 1 atom stereocenters. The van der Waals surface area contributed by atoms with Crippen LogP contribution in [0.2, 0.25) is 0 Å². The molecule has 1 unspecified atom stereocenters. The maximum absolute atomic E-state index is 11.9. The summed E-state index contributed by atoms with van der Waals surface area (Å²) < 4.78 is 40.1. The molecule has 0 aromatic rings. The van der Waals surface area contributed by atoms with Crippen LogP contribution >= 0.6 is 0 Å². The minimum atomic E-state index is -4.38. The number of carbonyl (C=O) groups excluding carboxylic acids is 1. The van der Waals surface area contributed by atoms with Crippen molar-refractivity contribution >= 4 is 5.91 Å². The van der Waals surface area contributed by atoms with E-state index in [-0.39, 0.29) is 5.91 Å². The third-order valence-corrected chi connectivity index (χ3v) is 3.71. The molecule has 1 N–H and O–H groups in total. The van der Waals surface area contributed by atoms with Gasteiger partial charge in [0.1, 0.15) is 13.2 Å². The number of piperazine rings is 1. The lowest BCUT2D eigenvalue weighted by molar-refractivity contribution is -0.178. The zero-order valence-corrected chi connectivity index (χ0v) is 11.3. The van der Waals surface area contributed by atoms with Crippen molar-refractivity contribution in [2.75, 3.05) is 52.5 Å². The summed E-state index contributed by atoms with van der Waals surface area (Å²) in [5.41, 5.74) is 0. The van der Waals surface area contributed by atoms with Crippen molar-refractivity contribution < 1.29 is 22.7 Å². The summed E-state index contributed by atoms with van der Waals surface area (Å²) in [6, 6.07) is 0.522. The third-order valence-electron chi connectivity index (χ3n) is 3.71. The van der Waals surface area contributed by atoms with Gasteiger partial charge in [-0.1, -0.05) is 0 Å². The van der Waals surface area contributed by atoms with Gasteiger partial charge >= 0.3 is 6.18 Å². The molecule has 5 nitrogen and oxygen atoms in total. The Morgan fingerprint density at radius 1 is 1.25 bits per heavy atom. The van der Waals surface area contributed by atoms with Gasteiger partial charge in [-0.25, -0.2) is 0 Å². The van der Waals surface area contributed by atoms with Crippen molar-refractivity contribution in [3.05, 3.63) is 0 Å². The molecule has 2 rings (SSSR count). The molecular formula is C12H20F3N3O2. The van der Waals surface area contributed by atoms with Crippen LogP contribution < -0.4 is 5.32 Å². The van der Waals surface area contributed by atoms with Gasteiger partial charge in [-0.05, 0) is 13.0 Å². The topological polar surface area (TPSA) is 44.8 Å². The first-order chi connectivity index (χ1) is 9.46. The largest absolute Gasteiger partial charge is 0.411 e. The zero-order chi connectivity index (χ0) is 14.6. The van der Waals surface area contributed by atoms with E-state index in [0.717, 1.165) is 32.6 Å². The van der Waals surface area contributed by atoms with E-state index in [2.05, 4.69) is 15.0 Å². The summed E-state index contributed by atoms with van der Waals surface area (Å²) >= 11 is 0. The van der Waals surface area contributed by atoms with E-state index in [1.807, 2.05) is 0 Å². The Hall–Kier alpha value is -0.860. The van der Waals surface area contributed by atoms with E-state index >= 15 is 0 Å². The molecule has 0 aromatic carbocycles. The molecular weight excluding hydrogens is 275 g/mol. The van der Waals surface area contributed by atoms with E-state index in [1.54, 1.807) is 4.90 Å². The Labute approximate surface area is 116 Å². The standard InChI is InChI=1S/C12H20F3N3O2/c13-12(14,15)9-20-8-11(19)18-5-3-17(4-6-18)10-1-2-16-7-10/h10,16H,1-9H2. The molecule has 1 amide bonds. The number of halogens is 3. The van der Waals surface area contributed by atoms with Crippen molar-refractivity contribution in [1.82, 2.24) is 15.1 Å². The summed E-state index contributed by atoms with van der Waals surface area (Å²) in [6.45, 7) is 2.80. The number of hydrogen-bond acceptors (Lipinski definition) is 4. The lowest BCUT2D eigenvalue weighted by Gasteiger charge is -2.37. The first-order valence-corrected chi connectivity index (χ1v) is 6.83. The molecule has 2 fully saturated rings. The second-order valence-electron chi connectivity index (χ2n) is 5.17. The van der Waals surface area contributed by atoms with Crippen LogP contribution in [0.5, 0.6) is 0 Å². The maximum Gasteiger partial charge on any atom is 0.411 e. The van der Waals surface area contributed by atoms with Gasteiger partial charge in [0.05, 0.1) is 0 Å². The highest BCUT2D eigenvalue weighted by Gasteiger charge is 2.30. The molecule has 0 aromatic heterocycles. The van der Waals surface area contributed by atoms with Crippen LogP contribution in [0.1, 0.15) is 6.42 Å². The van der Waals surface area contributed by atoms with Gasteiger partial charge in [-0.3, -0.25) is 9.69 Å². The van der Waals surface area contributed by atoms with Crippen LogP contribution in [0.4, 0.5) is 13.2 Å². The molecule has 0 aliphatic carbocycles. The minimum absolute atomic E-state index is 0.363. The first-order valence-electron chi connectivity index (χ1n) is 6.83. The fourth-order valence-electron chi connectivity index (χ4n) is 2.63. The second kappa shape index (κ2) is 6.73. The zero-order valence-electron chi connectivity index (χ0n) is 11.3. The van der Waals surface area contributed by atoms with Crippen LogP contribution in [0.25, 0.3) is 0 Å². The predicted molar refractivity (Wildman–Crippen MR) is 66.3 cm³/mol. The fraction of sp³-hybridized carbons (Fsp3) is 0.917. The Bertz CT molecular complexity index is 324. The van der Waals surface area contributed by atoms with Gasteiger partial charge in [-0.2, -0.15) is 13.2 Å². The Kier molecular flexibility index (Phi) is 5.22. The molecule has 0 bridgehead atoms. The summed E-state index contributed by atoms with van der Waals surface area (Å²) in [5, 5.41) is 3.30. The van der Waals surface area contributed by atoms with Gasteiger partial charge in [0.15, 0.2) is 0 Å². The van der Waals surface area contributed by atoms with Gasteiger partial charge in [0.25, 0.3) is 0 Å². The first kappa shape index (κ1) is 15.5. The van der Waals surface area contributed by atoms with E-state index in [4.69, 9.17) is 0 Å². The van der Waals surface area contributed by atoms with Gasteiger partial charge in [0, 0.05) is 38.8 Å². The summed E-state index contributed by atoms with van der Waals surface area (Å²) in [5.74, 6) is -0.363. The molecule has 2 saturated heterocycles. The average molecular weight is 295 g/mol. The quantitative estimate of drug-likeness (QED) is 0.797. The van der Waals surface area contributed by atoms with E-state index < -0.39 is 19.4 Å². The Morgan fingerprint density at radius 2 is 1.95 bits per heavy atom. The number of ether oxygens (including phenoxy) is 1. The third kappa shape index (κ3) is 4.60. The Balaban J connectivity index is 1.66. The predicted octanol–water partition coefficient (Wildman–Crippen LogP) is 0.0714. The number of hydrogen-bond donors (Lipinski definition) is 1. The van der Waals surface area contributed by atoms with Crippen LogP contribution in [-0.2, 0) is 9.53 Å². The molecule has 2 heterocycles. The van der Waals surface area contributed by atoms with Gasteiger partial charge < -0.3 is 15.0 Å². The normalized spacial score (nSPS) is 25.1. The maximum atomic E-state index is 11.9. The van der Waals surface area contributed by atoms with Gasteiger partial charge in [0.2, 0.25) is 5.91 Å². The second-order valence-corrected chi connectivity index (χ2v) is 5.17. The van der Waals surface area contributed by atoms with Crippen molar-refractivity contribution in [1.29, 1.82) is 0 Å². The smallest absolute Gasteiger partial charge is 0.362 e. The monoisotopic (exact) mass is 295 g/mol. The van der Waals surface area contributed by atoms with Crippen LogP contribution in [0.3, 0.4) is 0 Å². The molecule has 2 aliphatic rings. The van der Waals surface area contributed by atoms with Crippen molar-refractivity contribution in [2.45, 2.75) is 18.6 Å². The lowest BCUT2D eigenvalue weighted by Crippen LogP contribution is -2.53. The van der Waals surface area contributed by atoms with Crippen molar-refractivity contribution in [3.63, 3.8) is 0 Å². The lowest BCUT2D eigenvalue weighted by atomic mass is 10.2. The highest BCUT2D eigenvalue weighted by atomic mass is 19.4. The molecule has 0 spiro atoms. The average Bonchev–Trinajstić information content (AvgIpc) is 2.91. The van der Waals surface area contributed by atoms with Crippen molar-refractivity contribution in [2.24, 2.45) is 0 Å². The highest BCUT2D eigenvalue weighted by molar-refractivity contribution is 5.77. The summed E-state index contributed by atoms with van der Waals surface area (Å²) in [4.78, 5) is 15.6. The number of nitrogens with one attached hydrogen (secondary N) is 1. The van der Waals surface area contributed by atoms with E-state index in [0.29, 0.717) is 19.1 Å². The van der Waals surface area contributed by atoms with E-state index in [9.17, 15) is 18.0 Å². The Morgan fingerprint density at radius 3 is 2.50 bits per heavy atom. The minimum Gasteiger partial charge on any atom is -0.362 e. The molecule has 0 saturated carbocycles. The van der Waals surface area contributed by atoms with Crippen LogP contribution in [-0.4, -0.2) is 80.4 Å². The molecule has 116 valence electrons.